The minimum Gasteiger partial charge on any atom is -0.444 e. The third-order valence-electron chi connectivity index (χ3n) is 4.48. The smallest absolute Gasteiger partial charge is 0.410 e. The maximum Gasteiger partial charge on any atom is 0.410 e. The fourth-order valence-electron chi connectivity index (χ4n) is 3.25. The van der Waals surface area contributed by atoms with Crippen LogP contribution in [-0.4, -0.2) is 83.3 Å². The second kappa shape index (κ2) is 11.7. The van der Waals surface area contributed by atoms with Gasteiger partial charge >= 0.3 is 12.2 Å². The lowest BCUT2D eigenvalue weighted by molar-refractivity contribution is -0.0170. The molecule has 2 rings (SSSR count). The van der Waals surface area contributed by atoms with Crippen LogP contribution in [-0.2, 0) is 14.2 Å². The summed E-state index contributed by atoms with van der Waals surface area (Å²) in [5.41, 5.74) is -0.880. The molecule has 0 aromatic carbocycles. The van der Waals surface area contributed by atoms with Crippen LogP contribution in [0.15, 0.2) is 0 Å². The van der Waals surface area contributed by atoms with Crippen molar-refractivity contribution in [2.24, 2.45) is 0 Å². The molecule has 8 nitrogen and oxygen atoms in total. The van der Waals surface area contributed by atoms with Crippen molar-refractivity contribution in [2.75, 3.05) is 32.8 Å². The maximum absolute atomic E-state index is 11.8. The molecule has 2 heterocycles. The highest BCUT2D eigenvalue weighted by molar-refractivity contribution is 5.68. The summed E-state index contributed by atoms with van der Waals surface area (Å²) in [4.78, 5) is 26.7. The quantitative estimate of drug-likeness (QED) is 0.717. The fraction of sp³-hybridized carbons (Fsp3) is 0.909. The van der Waals surface area contributed by atoms with E-state index in [9.17, 15) is 14.7 Å². The third kappa shape index (κ3) is 11.0. The lowest BCUT2D eigenvalue weighted by Gasteiger charge is -2.33. The van der Waals surface area contributed by atoms with Gasteiger partial charge in [-0.1, -0.05) is 0 Å². The molecule has 2 unspecified atom stereocenters. The normalized spacial score (nSPS) is 22.7. The highest BCUT2D eigenvalue weighted by atomic mass is 16.6. The van der Waals surface area contributed by atoms with Gasteiger partial charge in [0.15, 0.2) is 0 Å². The van der Waals surface area contributed by atoms with Gasteiger partial charge in [0.1, 0.15) is 11.2 Å². The van der Waals surface area contributed by atoms with Gasteiger partial charge in [0.05, 0.1) is 18.8 Å². The van der Waals surface area contributed by atoms with Gasteiger partial charge in [0.25, 0.3) is 0 Å². The Morgan fingerprint density at radius 1 is 0.867 bits per heavy atom. The average molecular weight is 431 g/mol. The largest absolute Gasteiger partial charge is 0.444 e. The summed E-state index contributed by atoms with van der Waals surface area (Å²) in [6.07, 6.45) is 2.88. The van der Waals surface area contributed by atoms with Crippen molar-refractivity contribution in [1.82, 2.24) is 9.80 Å². The molecule has 2 aliphatic rings. The summed E-state index contributed by atoms with van der Waals surface area (Å²) in [6, 6.07) is 0. The maximum atomic E-state index is 11.8. The Labute approximate surface area is 181 Å². The summed E-state index contributed by atoms with van der Waals surface area (Å²) < 4.78 is 16.1. The van der Waals surface area contributed by atoms with E-state index in [0.29, 0.717) is 26.2 Å². The zero-order valence-corrected chi connectivity index (χ0v) is 19.9. The first-order valence-electron chi connectivity index (χ1n) is 11.1. The molecule has 8 heteroatoms. The van der Waals surface area contributed by atoms with Gasteiger partial charge < -0.3 is 29.1 Å². The summed E-state index contributed by atoms with van der Waals surface area (Å²) in [7, 11) is 0. The molecule has 0 aromatic rings. The number of likely N-dealkylation sites (tertiary alicyclic amines) is 2. The number of piperidine rings is 2. The van der Waals surface area contributed by atoms with Crippen LogP contribution >= 0.6 is 0 Å². The Morgan fingerprint density at radius 3 is 1.77 bits per heavy atom. The first kappa shape index (κ1) is 26.5. The Kier molecular flexibility index (Phi) is 10.4. The van der Waals surface area contributed by atoms with Gasteiger partial charge in [-0.15, -0.1) is 0 Å². The molecule has 1 N–H and O–H groups in total. The van der Waals surface area contributed by atoms with Crippen LogP contribution in [0.25, 0.3) is 0 Å². The highest BCUT2D eigenvalue weighted by Gasteiger charge is 2.28. The van der Waals surface area contributed by atoms with E-state index in [4.69, 9.17) is 14.2 Å². The van der Waals surface area contributed by atoms with Crippen LogP contribution in [0.5, 0.6) is 0 Å². The predicted molar refractivity (Wildman–Crippen MR) is 116 cm³/mol. The third-order valence-corrected chi connectivity index (χ3v) is 4.48. The van der Waals surface area contributed by atoms with Crippen molar-refractivity contribution in [3.8, 4) is 0 Å². The topological polar surface area (TPSA) is 88.5 Å². The van der Waals surface area contributed by atoms with E-state index in [-0.39, 0.29) is 18.3 Å². The molecule has 0 spiro atoms. The van der Waals surface area contributed by atoms with E-state index in [1.807, 2.05) is 48.5 Å². The number of carbonyl (C=O) groups excluding carboxylic acids is 2. The number of ether oxygens (including phenoxy) is 3. The minimum absolute atomic E-state index is 0.172. The molecular formula is C22H42N2O6. The number of nitrogens with zero attached hydrogens (tertiary/aromatic N) is 2. The van der Waals surface area contributed by atoms with Crippen LogP contribution in [0.1, 0.15) is 74.1 Å². The molecule has 0 aromatic heterocycles. The Morgan fingerprint density at radius 2 is 1.33 bits per heavy atom. The minimum atomic E-state index is -0.459. The lowest BCUT2D eigenvalue weighted by Crippen LogP contribution is -2.45. The summed E-state index contributed by atoms with van der Waals surface area (Å²) >= 11 is 0. The lowest BCUT2D eigenvalue weighted by atomic mass is 10.1. The van der Waals surface area contributed by atoms with E-state index in [0.717, 1.165) is 32.2 Å². The van der Waals surface area contributed by atoms with Crippen LogP contribution in [0.4, 0.5) is 9.59 Å². The zero-order chi connectivity index (χ0) is 22.9. The van der Waals surface area contributed by atoms with E-state index in [2.05, 4.69) is 0 Å². The average Bonchev–Trinajstić information content (AvgIpc) is 2.60. The second-order valence-corrected chi connectivity index (χ2v) is 9.87. The van der Waals surface area contributed by atoms with Gasteiger partial charge in [-0.25, -0.2) is 9.59 Å². The van der Waals surface area contributed by atoms with Gasteiger partial charge in [0, 0.05) is 26.2 Å². The molecule has 2 atom stereocenters. The monoisotopic (exact) mass is 430 g/mol. The first-order chi connectivity index (χ1) is 13.8. The Hall–Kier alpha value is -1.54. The van der Waals surface area contributed by atoms with Crippen LogP contribution < -0.4 is 0 Å². The molecular weight excluding hydrogens is 388 g/mol. The number of aliphatic hydroxyl groups excluding tert-OH is 1. The van der Waals surface area contributed by atoms with Crippen molar-refractivity contribution in [1.29, 1.82) is 0 Å². The Bertz CT molecular complexity index is 539. The van der Waals surface area contributed by atoms with E-state index in [1.165, 1.54) is 0 Å². The summed E-state index contributed by atoms with van der Waals surface area (Å²) in [6.45, 7) is 16.4. The number of hydrogen-bond acceptors (Lipinski definition) is 6. The van der Waals surface area contributed by atoms with E-state index in [1.54, 1.807) is 9.80 Å². The Balaban J connectivity index is 0.000000303. The number of β-amino-alcohol motifs (C(OH)–C–C–N with tert-alkyl or cyclic N) is 1. The van der Waals surface area contributed by atoms with Gasteiger partial charge in [-0.05, 0) is 74.1 Å². The summed E-state index contributed by atoms with van der Waals surface area (Å²) in [5, 5.41) is 9.38. The standard InChI is InChI=1S/C12H23NO3.C10H19NO3/c1-5-15-10-7-6-8-13(9-10)11(14)16-12(2,3)4;1-10(2,3)14-9(13)11-6-4-5-8(12)7-11/h10H,5-9H2,1-4H3;8,12H,4-7H2,1-3H3. The highest BCUT2D eigenvalue weighted by Crippen LogP contribution is 2.17. The van der Waals surface area contributed by atoms with Crippen molar-refractivity contribution < 1.29 is 28.9 Å². The van der Waals surface area contributed by atoms with E-state index >= 15 is 0 Å². The molecule has 176 valence electrons. The number of rotatable bonds is 2. The molecule has 30 heavy (non-hydrogen) atoms. The molecule has 0 bridgehead atoms. The van der Waals surface area contributed by atoms with E-state index < -0.39 is 17.3 Å². The number of hydrogen-bond donors (Lipinski definition) is 1. The van der Waals surface area contributed by atoms with Crippen molar-refractivity contribution >= 4 is 12.2 Å². The molecule has 2 saturated heterocycles. The van der Waals surface area contributed by atoms with Crippen LogP contribution in [0.3, 0.4) is 0 Å². The molecule has 2 fully saturated rings. The first-order valence-corrected chi connectivity index (χ1v) is 11.1. The molecule has 0 aliphatic carbocycles. The van der Waals surface area contributed by atoms with Crippen molar-refractivity contribution in [3.05, 3.63) is 0 Å². The zero-order valence-electron chi connectivity index (χ0n) is 19.9. The summed E-state index contributed by atoms with van der Waals surface area (Å²) in [5.74, 6) is 0. The van der Waals surface area contributed by atoms with Crippen molar-refractivity contribution in [3.63, 3.8) is 0 Å². The SMILES string of the molecule is CC(C)(C)OC(=O)N1CCCC(O)C1.CCOC1CCCN(C(=O)OC(C)(C)C)C1. The number of amides is 2. The van der Waals surface area contributed by atoms with Gasteiger partial charge in [-0.2, -0.15) is 0 Å². The van der Waals surface area contributed by atoms with Crippen LogP contribution in [0, 0.1) is 0 Å². The fourth-order valence-corrected chi connectivity index (χ4v) is 3.25. The van der Waals surface area contributed by atoms with Gasteiger partial charge in [-0.3, -0.25) is 0 Å². The molecule has 2 aliphatic heterocycles. The second-order valence-electron chi connectivity index (χ2n) is 9.87. The number of aliphatic hydroxyl groups is 1. The van der Waals surface area contributed by atoms with Crippen LogP contribution in [0.2, 0.25) is 0 Å². The number of carbonyl (C=O) groups is 2. The van der Waals surface area contributed by atoms with Crippen molar-refractivity contribution in [2.45, 2.75) is 97.6 Å². The molecule has 0 radical (unpaired) electrons. The molecule has 0 saturated carbocycles. The predicted octanol–water partition coefficient (Wildman–Crippen LogP) is 3.80. The van der Waals surface area contributed by atoms with Gasteiger partial charge in [0.2, 0.25) is 0 Å². The molecule has 2 amide bonds.